The van der Waals surface area contributed by atoms with Crippen LogP contribution < -0.4 is 0 Å². The van der Waals surface area contributed by atoms with Gasteiger partial charge in [-0.3, -0.25) is 14.5 Å². The summed E-state index contributed by atoms with van der Waals surface area (Å²) in [6.07, 6.45) is 0.486. The van der Waals surface area contributed by atoms with Crippen LogP contribution in [0, 0.1) is 5.92 Å². The van der Waals surface area contributed by atoms with Crippen molar-refractivity contribution in [2.45, 2.75) is 18.5 Å². The fourth-order valence-electron chi connectivity index (χ4n) is 2.35. The highest BCUT2D eigenvalue weighted by atomic mass is 32.2. The number of carbonyl (C=O) groups is 2. The van der Waals surface area contributed by atoms with Gasteiger partial charge in [-0.05, 0) is 7.05 Å². The van der Waals surface area contributed by atoms with Crippen molar-refractivity contribution < 1.29 is 14.3 Å². The molecule has 0 amide bonds. The highest BCUT2D eigenvalue weighted by molar-refractivity contribution is 7.99. The third-order valence-electron chi connectivity index (χ3n) is 3.32. The van der Waals surface area contributed by atoms with E-state index in [4.69, 9.17) is 4.74 Å². The second-order valence-electron chi connectivity index (χ2n) is 4.10. The van der Waals surface area contributed by atoms with E-state index in [-0.39, 0.29) is 17.8 Å². The molecule has 0 radical (unpaired) electrons. The van der Waals surface area contributed by atoms with Crippen molar-refractivity contribution in [3.63, 3.8) is 0 Å². The van der Waals surface area contributed by atoms with Crippen LogP contribution in [0.3, 0.4) is 0 Å². The van der Waals surface area contributed by atoms with E-state index in [1.54, 1.807) is 0 Å². The molecule has 0 aromatic rings. The number of nitrogens with zero attached hydrogens (tertiary/aromatic N) is 1. The van der Waals surface area contributed by atoms with Crippen LogP contribution in [0.1, 0.15) is 6.42 Å². The third-order valence-corrected chi connectivity index (χ3v) is 4.52. The predicted molar refractivity (Wildman–Crippen MR) is 57.8 cm³/mol. The first-order valence-corrected chi connectivity index (χ1v) is 6.21. The van der Waals surface area contributed by atoms with Crippen LogP contribution in [0.15, 0.2) is 0 Å². The third kappa shape index (κ3) is 1.78. The minimum absolute atomic E-state index is 0.0300. The van der Waals surface area contributed by atoms with Crippen molar-refractivity contribution in [3.8, 4) is 0 Å². The van der Waals surface area contributed by atoms with Crippen LogP contribution in [0.5, 0.6) is 0 Å². The fraction of sp³-hybridized carbons (Fsp3) is 0.800. The minimum atomic E-state index is -0.566. The zero-order valence-corrected chi connectivity index (χ0v) is 9.75. The van der Waals surface area contributed by atoms with Crippen molar-refractivity contribution in [1.29, 1.82) is 0 Å². The molecule has 5 heteroatoms. The molecule has 2 aliphatic heterocycles. The van der Waals surface area contributed by atoms with Gasteiger partial charge in [0.05, 0.1) is 7.11 Å². The number of piperidine rings is 1. The molecule has 2 rings (SSSR count). The van der Waals surface area contributed by atoms with Crippen molar-refractivity contribution >= 4 is 23.5 Å². The molecule has 84 valence electrons. The molecule has 0 aliphatic carbocycles. The van der Waals surface area contributed by atoms with E-state index in [0.717, 1.165) is 11.5 Å². The molecule has 0 spiro atoms. The van der Waals surface area contributed by atoms with Gasteiger partial charge < -0.3 is 4.74 Å². The Hall–Kier alpha value is -0.550. The van der Waals surface area contributed by atoms with Gasteiger partial charge in [0.1, 0.15) is 11.7 Å². The number of carbonyl (C=O) groups excluding carboxylic acids is 2. The summed E-state index contributed by atoms with van der Waals surface area (Å²) < 4.78 is 4.70. The SMILES string of the molecule is COC(=O)C1C(=O)CC2CSC[C@H]1N2C. The van der Waals surface area contributed by atoms with E-state index in [9.17, 15) is 9.59 Å². The number of ether oxygens (including phenoxy) is 1. The minimum Gasteiger partial charge on any atom is -0.468 e. The van der Waals surface area contributed by atoms with E-state index in [2.05, 4.69) is 4.90 Å². The highest BCUT2D eigenvalue weighted by Crippen LogP contribution is 2.33. The molecule has 2 heterocycles. The normalized spacial score (nSPS) is 36.4. The van der Waals surface area contributed by atoms with Crippen LogP contribution in [0.4, 0.5) is 0 Å². The zero-order chi connectivity index (χ0) is 11.0. The Morgan fingerprint density at radius 3 is 2.93 bits per heavy atom. The first-order valence-electron chi connectivity index (χ1n) is 5.05. The van der Waals surface area contributed by atoms with E-state index < -0.39 is 5.92 Å². The van der Waals surface area contributed by atoms with Crippen molar-refractivity contribution in [2.24, 2.45) is 5.92 Å². The number of ketones is 1. The number of fused-ring (bicyclic) bond motifs is 2. The highest BCUT2D eigenvalue weighted by Gasteiger charge is 2.46. The van der Waals surface area contributed by atoms with E-state index in [0.29, 0.717) is 12.5 Å². The summed E-state index contributed by atoms with van der Waals surface area (Å²) in [7, 11) is 3.34. The maximum absolute atomic E-state index is 11.8. The smallest absolute Gasteiger partial charge is 0.317 e. The predicted octanol–water partition coefficient (Wildman–Crippen LogP) is 0.164. The number of Topliss-reactive ketones (excluding diaryl/α,β-unsaturated/α-hetero) is 1. The molecule has 15 heavy (non-hydrogen) atoms. The van der Waals surface area contributed by atoms with Crippen LogP contribution >= 0.6 is 11.8 Å². The lowest BCUT2D eigenvalue weighted by atomic mass is 9.85. The maximum atomic E-state index is 11.8. The molecule has 0 saturated carbocycles. The molecule has 2 fully saturated rings. The number of rotatable bonds is 1. The first kappa shape index (κ1) is 11.0. The average Bonchev–Trinajstić information content (AvgIpc) is 2.20. The number of methoxy groups -OCH3 is 1. The topological polar surface area (TPSA) is 46.6 Å². The van der Waals surface area contributed by atoms with Crippen LogP contribution in [0.2, 0.25) is 0 Å². The Kier molecular flexibility index (Phi) is 3.02. The summed E-state index contributed by atoms with van der Waals surface area (Å²) >= 11 is 1.82. The summed E-state index contributed by atoms with van der Waals surface area (Å²) in [6.45, 7) is 0. The van der Waals surface area contributed by atoms with Crippen LogP contribution in [0.25, 0.3) is 0 Å². The molecule has 2 saturated heterocycles. The van der Waals surface area contributed by atoms with Gasteiger partial charge in [0.15, 0.2) is 0 Å². The lowest BCUT2D eigenvalue weighted by Crippen LogP contribution is -2.59. The largest absolute Gasteiger partial charge is 0.468 e. The van der Waals surface area contributed by atoms with Gasteiger partial charge in [-0.25, -0.2) is 0 Å². The Balaban J connectivity index is 2.22. The molecule has 0 aromatic heterocycles. The Bertz CT molecular complexity index is 294. The van der Waals surface area contributed by atoms with Crippen LogP contribution in [-0.4, -0.2) is 54.4 Å². The zero-order valence-electron chi connectivity index (χ0n) is 8.93. The van der Waals surface area contributed by atoms with Gasteiger partial charge in [-0.15, -0.1) is 0 Å². The maximum Gasteiger partial charge on any atom is 0.317 e. The van der Waals surface area contributed by atoms with E-state index >= 15 is 0 Å². The van der Waals surface area contributed by atoms with Crippen molar-refractivity contribution in [3.05, 3.63) is 0 Å². The van der Waals surface area contributed by atoms with Gasteiger partial charge in [-0.1, -0.05) is 0 Å². The number of hydrogen-bond acceptors (Lipinski definition) is 5. The van der Waals surface area contributed by atoms with E-state index in [1.807, 2.05) is 18.8 Å². The van der Waals surface area contributed by atoms with Gasteiger partial charge >= 0.3 is 5.97 Å². The summed E-state index contributed by atoms with van der Waals surface area (Å²) in [5, 5.41) is 0. The molecule has 0 aromatic carbocycles. The van der Waals surface area contributed by atoms with Gasteiger partial charge in [0.25, 0.3) is 0 Å². The Morgan fingerprint density at radius 2 is 2.27 bits per heavy atom. The van der Waals surface area contributed by atoms with Crippen LogP contribution in [-0.2, 0) is 14.3 Å². The molecule has 2 bridgehead atoms. The van der Waals surface area contributed by atoms with E-state index in [1.165, 1.54) is 7.11 Å². The molecule has 3 atom stereocenters. The molecule has 2 aliphatic rings. The molecule has 2 unspecified atom stereocenters. The molecule has 0 N–H and O–H groups in total. The van der Waals surface area contributed by atoms with Gasteiger partial charge in [0.2, 0.25) is 0 Å². The molecular weight excluding hydrogens is 214 g/mol. The van der Waals surface area contributed by atoms with Gasteiger partial charge in [0, 0.05) is 30.0 Å². The second kappa shape index (κ2) is 4.14. The number of esters is 1. The average molecular weight is 229 g/mol. The quantitative estimate of drug-likeness (QED) is 0.473. The standard InChI is InChI=1S/C10H15NO3S/c1-11-6-3-8(12)9(10(13)14-2)7(11)5-15-4-6/h6-7,9H,3-5H2,1-2H3/t6?,7-,9?/m1/s1. The monoisotopic (exact) mass is 229 g/mol. The summed E-state index contributed by atoms with van der Waals surface area (Å²) in [5.41, 5.74) is 0. The van der Waals surface area contributed by atoms with Gasteiger partial charge in [-0.2, -0.15) is 11.8 Å². The van der Waals surface area contributed by atoms with Crippen molar-refractivity contribution in [1.82, 2.24) is 4.90 Å². The number of hydrogen-bond donors (Lipinski definition) is 0. The Labute approximate surface area is 93.3 Å². The summed E-state index contributed by atoms with van der Waals surface area (Å²) in [4.78, 5) is 25.5. The van der Waals surface area contributed by atoms with Crippen molar-refractivity contribution in [2.75, 3.05) is 25.7 Å². The Morgan fingerprint density at radius 1 is 1.53 bits per heavy atom. The number of thioether (sulfide) groups is 1. The molecular formula is C10H15NO3S. The summed E-state index contributed by atoms with van der Waals surface area (Å²) in [5.74, 6) is 0.947. The second-order valence-corrected chi connectivity index (χ2v) is 5.17. The lowest BCUT2D eigenvalue weighted by molar-refractivity contribution is -0.155. The first-order chi connectivity index (χ1) is 7.15. The lowest BCUT2D eigenvalue weighted by Gasteiger charge is -2.45. The fourth-order valence-corrected chi connectivity index (χ4v) is 3.78. The molecule has 4 nitrogen and oxygen atoms in total. The summed E-state index contributed by atoms with van der Waals surface area (Å²) in [6, 6.07) is 0.338.